The Bertz CT molecular complexity index is 534. The van der Waals surface area contributed by atoms with E-state index >= 15 is 0 Å². The largest absolute Gasteiger partial charge is 0.365 e. The molecule has 0 aliphatic rings. The number of hydrogen-bond acceptors (Lipinski definition) is 5. The highest BCUT2D eigenvalue weighted by molar-refractivity contribution is 7.98. The molecule has 2 rings (SSSR count). The molecule has 0 amide bonds. The van der Waals surface area contributed by atoms with Crippen LogP contribution in [0, 0.1) is 0 Å². The maximum absolute atomic E-state index is 11.3. The molecule has 0 aromatic carbocycles. The quantitative estimate of drug-likeness (QED) is 0.816. The molecule has 0 saturated carbocycles. The van der Waals surface area contributed by atoms with Crippen molar-refractivity contribution in [3.63, 3.8) is 0 Å². The minimum Gasteiger partial charge on any atom is -0.365 e. The number of aromatic amines is 1. The fourth-order valence-corrected chi connectivity index (χ4v) is 2.01. The van der Waals surface area contributed by atoms with Crippen molar-refractivity contribution in [3.05, 3.63) is 22.6 Å². The van der Waals surface area contributed by atoms with Gasteiger partial charge in [0.15, 0.2) is 5.65 Å². The molecule has 0 spiro atoms. The van der Waals surface area contributed by atoms with Gasteiger partial charge in [0.25, 0.3) is 0 Å². The normalized spacial score (nSPS) is 12.9. The smallest absolute Gasteiger partial charge is 0.364 e. The van der Waals surface area contributed by atoms with Crippen LogP contribution in [0.2, 0.25) is 0 Å². The van der Waals surface area contributed by atoms with Gasteiger partial charge in [-0.25, -0.2) is 9.89 Å². The van der Waals surface area contributed by atoms with Crippen LogP contribution in [0.1, 0.15) is 6.92 Å². The number of thioether (sulfide) groups is 1. The Labute approximate surface area is 96.4 Å². The van der Waals surface area contributed by atoms with Crippen LogP contribution in [0.5, 0.6) is 0 Å². The van der Waals surface area contributed by atoms with E-state index in [1.165, 1.54) is 4.52 Å². The molecule has 0 bridgehead atoms. The summed E-state index contributed by atoms with van der Waals surface area (Å²) in [5.41, 5.74) is 0.198. The first-order valence-electron chi connectivity index (χ1n) is 4.90. The van der Waals surface area contributed by atoms with E-state index in [2.05, 4.69) is 33.8 Å². The van der Waals surface area contributed by atoms with E-state index in [-0.39, 0.29) is 5.69 Å². The van der Waals surface area contributed by atoms with Gasteiger partial charge < -0.3 is 5.32 Å². The summed E-state index contributed by atoms with van der Waals surface area (Å²) in [6.07, 6.45) is 2.05. The second-order valence-electron chi connectivity index (χ2n) is 3.52. The molecule has 0 saturated heterocycles. The fourth-order valence-electron chi connectivity index (χ4n) is 1.42. The molecule has 2 aromatic heterocycles. The van der Waals surface area contributed by atoms with Gasteiger partial charge in [-0.05, 0) is 25.3 Å². The van der Waals surface area contributed by atoms with E-state index in [4.69, 9.17) is 0 Å². The molecule has 1 atom stereocenters. The summed E-state index contributed by atoms with van der Waals surface area (Å²) >= 11 is 1.76. The average molecular weight is 239 g/mol. The van der Waals surface area contributed by atoms with Crippen LogP contribution >= 0.6 is 11.8 Å². The Morgan fingerprint density at radius 1 is 1.62 bits per heavy atom. The Kier molecular flexibility index (Phi) is 3.14. The van der Waals surface area contributed by atoms with Gasteiger partial charge in [-0.3, -0.25) is 0 Å². The van der Waals surface area contributed by atoms with Crippen molar-refractivity contribution in [1.82, 2.24) is 19.8 Å². The first-order chi connectivity index (χ1) is 7.70. The molecule has 86 valence electrons. The number of H-pyrrole nitrogens is 1. The summed E-state index contributed by atoms with van der Waals surface area (Å²) in [7, 11) is 0. The lowest BCUT2D eigenvalue weighted by Crippen LogP contribution is -2.20. The third-order valence-corrected chi connectivity index (χ3v) is 2.92. The van der Waals surface area contributed by atoms with Crippen molar-refractivity contribution >= 4 is 23.2 Å². The zero-order valence-electron chi connectivity index (χ0n) is 9.10. The van der Waals surface area contributed by atoms with Gasteiger partial charge in [-0.1, -0.05) is 0 Å². The number of anilines is 1. The SMILES string of the molecule is CSCC(C)Nc1ccc2n[nH]c(=O)n2n1. The lowest BCUT2D eigenvalue weighted by atomic mass is 10.4. The summed E-state index contributed by atoms with van der Waals surface area (Å²) < 4.78 is 1.24. The topological polar surface area (TPSA) is 75.1 Å². The van der Waals surface area contributed by atoms with Gasteiger partial charge in [0, 0.05) is 11.8 Å². The summed E-state index contributed by atoms with van der Waals surface area (Å²) in [5, 5.41) is 13.5. The molecule has 0 aliphatic carbocycles. The van der Waals surface area contributed by atoms with Crippen LogP contribution in [0.3, 0.4) is 0 Å². The Hall–Kier alpha value is -1.50. The van der Waals surface area contributed by atoms with Crippen molar-refractivity contribution in [2.75, 3.05) is 17.3 Å². The zero-order valence-corrected chi connectivity index (χ0v) is 9.91. The highest BCUT2D eigenvalue weighted by atomic mass is 32.2. The van der Waals surface area contributed by atoms with E-state index in [1.807, 2.05) is 6.07 Å². The molecule has 0 aliphatic heterocycles. The first-order valence-corrected chi connectivity index (χ1v) is 6.30. The van der Waals surface area contributed by atoms with Crippen LogP contribution in [-0.2, 0) is 0 Å². The number of nitrogens with one attached hydrogen (secondary N) is 2. The Morgan fingerprint density at radius 3 is 3.19 bits per heavy atom. The van der Waals surface area contributed by atoms with Crippen LogP contribution < -0.4 is 11.0 Å². The standard InChI is InChI=1S/C9H13N5OS/c1-6(5-16-2)10-7-3-4-8-11-12-9(15)14(8)13-7/h3-4,6H,5H2,1-2H3,(H,10,13)(H,12,15). The van der Waals surface area contributed by atoms with Gasteiger partial charge >= 0.3 is 5.69 Å². The van der Waals surface area contributed by atoms with Crippen LogP contribution in [0.15, 0.2) is 16.9 Å². The van der Waals surface area contributed by atoms with Crippen LogP contribution in [-0.4, -0.2) is 37.9 Å². The fraction of sp³-hybridized carbons (Fsp3) is 0.444. The Balaban J connectivity index is 2.25. The molecule has 7 heteroatoms. The van der Waals surface area contributed by atoms with E-state index in [0.29, 0.717) is 17.5 Å². The maximum Gasteiger partial charge on any atom is 0.364 e. The molecule has 2 N–H and O–H groups in total. The zero-order chi connectivity index (χ0) is 11.5. The predicted octanol–water partition coefficient (Wildman–Crippen LogP) is 0.581. The van der Waals surface area contributed by atoms with Crippen molar-refractivity contribution in [3.8, 4) is 0 Å². The van der Waals surface area contributed by atoms with Crippen molar-refractivity contribution in [2.45, 2.75) is 13.0 Å². The first kappa shape index (κ1) is 11.0. The minimum atomic E-state index is -0.323. The van der Waals surface area contributed by atoms with Crippen molar-refractivity contribution in [1.29, 1.82) is 0 Å². The van der Waals surface area contributed by atoms with Gasteiger partial charge in [0.05, 0.1) is 0 Å². The summed E-state index contributed by atoms with van der Waals surface area (Å²) in [6.45, 7) is 2.07. The number of hydrogen-bond donors (Lipinski definition) is 2. The van der Waals surface area contributed by atoms with Crippen LogP contribution in [0.25, 0.3) is 5.65 Å². The molecule has 0 fully saturated rings. The van der Waals surface area contributed by atoms with Gasteiger partial charge in [-0.15, -0.1) is 5.10 Å². The third-order valence-electron chi connectivity index (χ3n) is 2.08. The summed E-state index contributed by atoms with van der Waals surface area (Å²) in [4.78, 5) is 11.3. The molecule has 2 heterocycles. The molecule has 16 heavy (non-hydrogen) atoms. The third kappa shape index (κ3) is 2.19. The molecular weight excluding hydrogens is 226 g/mol. The monoisotopic (exact) mass is 239 g/mol. The van der Waals surface area contributed by atoms with Crippen LogP contribution in [0.4, 0.5) is 5.82 Å². The highest BCUT2D eigenvalue weighted by Gasteiger charge is 2.05. The molecule has 1 unspecified atom stereocenters. The minimum absolute atomic E-state index is 0.308. The number of rotatable bonds is 4. The summed E-state index contributed by atoms with van der Waals surface area (Å²) in [6, 6.07) is 3.87. The molecule has 2 aromatic rings. The molecular formula is C9H13N5OS. The van der Waals surface area contributed by atoms with E-state index in [0.717, 1.165) is 5.75 Å². The highest BCUT2D eigenvalue weighted by Crippen LogP contribution is 2.07. The second-order valence-corrected chi connectivity index (χ2v) is 4.43. The number of fused-ring (bicyclic) bond motifs is 1. The average Bonchev–Trinajstić information content (AvgIpc) is 2.61. The lowest BCUT2D eigenvalue weighted by Gasteiger charge is -2.12. The second kappa shape index (κ2) is 4.56. The van der Waals surface area contributed by atoms with Gasteiger partial charge in [0.1, 0.15) is 5.82 Å². The van der Waals surface area contributed by atoms with E-state index in [1.54, 1.807) is 17.8 Å². The molecule has 6 nitrogen and oxygen atoms in total. The van der Waals surface area contributed by atoms with Gasteiger partial charge in [-0.2, -0.15) is 21.4 Å². The van der Waals surface area contributed by atoms with E-state index < -0.39 is 0 Å². The van der Waals surface area contributed by atoms with E-state index in [9.17, 15) is 4.79 Å². The molecule has 0 radical (unpaired) electrons. The van der Waals surface area contributed by atoms with Gasteiger partial charge in [0.2, 0.25) is 0 Å². The summed E-state index contributed by atoms with van der Waals surface area (Å²) in [5.74, 6) is 1.66. The predicted molar refractivity (Wildman–Crippen MR) is 65.1 cm³/mol. The van der Waals surface area contributed by atoms with Crippen molar-refractivity contribution in [2.24, 2.45) is 0 Å². The number of nitrogens with zero attached hydrogens (tertiary/aromatic N) is 3. The van der Waals surface area contributed by atoms with Crippen molar-refractivity contribution < 1.29 is 0 Å². The number of aromatic nitrogens is 4. The Morgan fingerprint density at radius 2 is 2.44 bits per heavy atom. The maximum atomic E-state index is 11.3. The lowest BCUT2D eigenvalue weighted by molar-refractivity contribution is 0.844.